The summed E-state index contributed by atoms with van der Waals surface area (Å²) in [6.45, 7) is 0.352. The average Bonchev–Trinajstić information content (AvgIpc) is 3.15. The van der Waals surface area contributed by atoms with E-state index in [1.54, 1.807) is 18.5 Å². The van der Waals surface area contributed by atoms with E-state index in [1.807, 2.05) is 4.57 Å². The SMILES string of the molecule is O=C(Cc1cccc(F)c1)NCc1nncn1C1CC1. The molecule has 1 aliphatic rings. The van der Waals surface area contributed by atoms with Gasteiger partial charge in [0, 0.05) is 6.04 Å². The van der Waals surface area contributed by atoms with Crippen molar-refractivity contribution in [1.82, 2.24) is 20.1 Å². The standard InChI is InChI=1S/C14H15FN4O/c15-11-3-1-2-10(6-11)7-14(20)16-8-13-18-17-9-19(13)12-4-5-12/h1-3,6,9,12H,4-5,7-8H2,(H,16,20). The number of aromatic nitrogens is 3. The lowest BCUT2D eigenvalue weighted by Crippen LogP contribution is -2.26. The molecule has 1 amide bonds. The van der Waals surface area contributed by atoms with Crippen LogP contribution < -0.4 is 5.32 Å². The highest BCUT2D eigenvalue weighted by molar-refractivity contribution is 5.78. The number of hydrogen-bond donors (Lipinski definition) is 1. The second kappa shape index (κ2) is 5.40. The van der Waals surface area contributed by atoms with E-state index in [4.69, 9.17) is 0 Å². The maximum atomic E-state index is 13.0. The fourth-order valence-corrected chi connectivity index (χ4v) is 2.12. The Morgan fingerprint density at radius 2 is 2.30 bits per heavy atom. The van der Waals surface area contributed by atoms with E-state index >= 15 is 0 Å². The molecule has 1 fully saturated rings. The summed E-state index contributed by atoms with van der Waals surface area (Å²) in [5.74, 6) is 0.282. The minimum absolute atomic E-state index is 0.152. The third-order valence-electron chi connectivity index (χ3n) is 3.28. The van der Waals surface area contributed by atoms with Gasteiger partial charge in [0.2, 0.25) is 5.91 Å². The van der Waals surface area contributed by atoms with Crippen LogP contribution in [0.25, 0.3) is 0 Å². The molecule has 1 aromatic heterocycles. The van der Waals surface area contributed by atoms with Crippen LogP contribution in [0.1, 0.15) is 30.3 Å². The second-order valence-electron chi connectivity index (χ2n) is 4.97. The van der Waals surface area contributed by atoms with Crippen LogP contribution in [0.15, 0.2) is 30.6 Å². The highest BCUT2D eigenvalue weighted by atomic mass is 19.1. The first-order chi connectivity index (χ1) is 9.72. The molecule has 0 saturated heterocycles. The topological polar surface area (TPSA) is 59.8 Å². The van der Waals surface area contributed by atoms with E-state index in [1.165, 1.54) is 12.1 Å². The van der Waals surface area contributed by atoms with Gasteiger partial charge in [0.1, 0.15) is 12.1 Å². The van der Waals surface area contributed by atoms with Crippen molar-refractivity contribution in [1.29, 1.82) is 0 Å². The number of nitrogens with zero attached hydrogens (tertiary/aromatic N) is 3. The van der Waals surface area contributed by atoms with Crippen molar-refractivity contribution in [3.8, 4) is 0 Å². The number of rotatable bonds is 5. The molecule has 104 valence electrons. The van der Waals surface area contributed by atoms with Crippen molar-refractivity contribution in [3.05, 3.63) is 47.8 Å². The lowest BCUT2D eigenvalue weighted by Gasteiger charge is -2.07. The zero-order valence-corrected chi connectivity index (χ0v) is 10.9. The molecule has 1 N–H and O–H groups in total. The fourth-order valence-electron chi connectivity index (χ4n) is 2.12. The zero-order valence-electron chi connectivity index (χ0n) is 10.9. The number of nitrogens with one attached hydrogen (secondary N) is 1. The van der Waals surface area contributed by atoms with Crippen LogP contribution in [0.2, 0.25) is 0 Å². The molecule has 0 aliphatic heterocycles. The molecule has 0 spiro atoms. The number of benzene rings is 1. The number of amides is 1. The molecular formula is C14H15FN4O. The van der Waals surface area contributed by atoms with Crippen molar-refractivity contribution in [3.63, 3.8) is 0 Å². The van der Waals surface area contributed by atoms with Gasteiger partial charge in [-0.2, -0.15) is 0 Å². The third kappa shape index (κ3) is 3.01. The van der Waals surface area contributed by atoms with Gasteiger partial charge in [0.25, 0.3) is 0 Å². The molecule has 0 atom stereocenters. The maximum Gasteiger partial charge on any atom is 0.224 e. The molecule has 1 aliphatic carbocycles. The fraction of sp³-hybridized carbons (Fsp3) is 0.357. The van der Waals surface area contributed by atoms with Gasteiger partial charge in [0.05, 0.1) is 13.0 Å². The molecule has 0 unspecified atom stereocenters. The smallest absolute Gasteiger partial charge is 0.224 e. The Balaban J connectivity index is 1.55. The van der Waals surface area contributed by atoms with Crippen LogP contribution >= 0.6 is 0 Å². The molecule has 5 nitrogen and oxygen atoms in total. The van der Waals surface area contributed by atoms with Gasteiger partial charge in [-0.25, -0.2) is 4.39 Å². The van der Waals surface area contributed by atoms with Crippen LogP contribution in [-0.2, 0) is 17.8 Å². The highest BCUT2D eigenvalue weighted by Gasteiger charge is 2.25. The Bertz CT molecular complexity index is 621. The van der Waals surface area contributed by atoms with Crippen molar-refractivity contribution < 1.29 is 9.18 Å². The Labute approximate surface area is 115 Å². The van der Waals surface area contributed by atoms with E-state index in [9.17, 15) is 9.18 Å². The summed E-state index contributed by atoms with van der Waals surface area (Å²) in [4.78, 5) is 11.8. The summed E-state index contributed by atoms with van der Waals surface area (Å²) in [6.07, 6.45) is 4.14. The van der Waals surface area contributed by atoms with E-state index in [-0.39, 0.29) is 18.1 Å². The number of hydrogen-bond acceptors (Lipinski definition) is 3. The predicted molar refractivity (Wildman–Crippen MR) is 70.2 cm³/mol. The molecular weight excluding hydrogens is 259 g/mol. The molecule has 1 saturated carbocycles. The first kappa shape index (κ1) is 12.8. The minimum Gasteiger partial charge on any atom is -0.349 e. The van der Waals surface area contributed by atoms with Gasteiger partial charge in [-0.05, 0) is 30.5 Å². The minimum atomic E-state index is -0.330. The van der Waals surface area contributed by atoms with Gasteiger partial charge >= 0.3 is 0 Å². The first-order valence-electron chi connectivity index (χ1n) is 6.62. The molecule has 0 bridgehead atoms. The Kier molecular flexibility index (Phi) is 3.45. The van der Waals surface area contributed by atoms with Gasteiger partial charge in [-0.3, -0.25) is 4.79 Å². The van der Waals surface area contributed by atoms with Crippen molar-refractivity contribution in [2.75, 3.05) is 0 Å². The van der Waals surface area contributed by atoms with Crippen molar-refractivity contribution in [2.24, 2.45) is 0 Å². The number of carbonyl (C=O) groups is 1. The Hall–Kier alpha value is -2.24. The molecule has 1 aromatic carbocycles. The van der Waals surface area contributed by atoms with Crippen molar-refractivity contribution >= 4 is 5.91 Å². The Morgan fingerprint density at radius 1 is 1.45 bits per heavy atom. The van der Waals surface area contributed by atoms with Gasteiger partial charge < -0.3 is 9.88 Å². The number of carbonyl (C=O) groups excluding carboxylic acids is 1. The van der Waals surface area contributed by atoms with Crippen LogP contribution in [0, 0.1) is 5.82 Å². The lowest BCUT2D eigenvalue weighted by molar-refractivity contribution is -0.120. The normalized spacial score (nSPS) is 14.2. The lowest BCUT2D eigenvalue weighted by atomic mass is 10.1. The summed E-state index contributed by atoms with van der Waals surface area (Å²) in [5.41, 5.74) is 0.658. The molecule has 2 aromatic rings. The van der Waals surface area contributed by atoms with E-state index in [0.717, 1.165) is 18.7 Å². The second-order valence-corrected chi connectivity index (χ2v) is 4.97. The molecule has 0 radical (unpaired) electrons. The van der Waals surface area contributed by atoms with Crippen LogP contribution in [0.3, 0.4) is 0 Å². The summed E-state index contributed by atoms with van der Waals surface area (Å²) in [6, 6.07) is 6.54. The monoisotopic (exact) mass is 274 g/mol. The third-order valence-corrected chi connectivity index (χ3v) is 3.28. The predicted octanol–water partition coefficient (Wildman–Crippen LogP) is 1.61. The van der Waals surface area contributed by atoms with Gasteiger partial charge in [-0.1, -0.05) is 12.1 Å². The molecule has 6 heteroatoms. The molecule has 20 heavy (non-hydrogen) atoms. The van der Waals surface area contributed by atoms with Gasteiger partial charge in [0.15, 0.2) is 5.82 Å². The number of halogens is 1. The van der Waals surface area contributed by atoms with Crippen molar-refractivity contribution in [2.45, 2.75) is 31.8 Å². The quantitative estimate of drug-likeness (QED) is 0.901. The van der Waals surface area contributed by atoms with Crippen LogP contribution in [0.5, 0.6) is 0 Å². The Morgan fingerprint density at radius 3 is 3.05 bits per heavy atom. The largest absolute Gasteiger partial charge is 0.349 e. The average molecular weight is 274 g/mol. The van der Waals surface area contributed by atoms with E-state index in [2.05, 4.69) is 15.5 Å². The summed E-state index contributed by atoms with van der Waals surface area (Å²) in [5, 5.41) is 10.7. The summed E-state index contributed by atoms with van der Waals surface area (Å²) in [7, 11) is 0. The highest BCUT2D eigenvalue weighted by Crippen LogP contribution is 2.35. The van der Waals surface area contributed by atoms with E-state index < -0.39 is 0 Å². The first-order valence-corrected chi connectivity index (χ1v) is 6.62. The molecule has 1 heterocycles. The van der Waals surface area contributed by atoms with Crippen LogP contribution in [0.4, 0.5) is 4.39 Å². The zero-order chi connectivity index (χ0) is 13.9. The maximum absolute atomic E-state index is 13.0. The molecule has 3 rings (SSSR count). The van der Waals surface area contributed by atoms with E-state index in [0.29, 0.717) is 18.2 Å². The van der Waals surface area contributed by atoms with Gasteiger partial charge in [-0.15, -0.1) is 10.2 Å². The summed E-state index contributed by atoms with van der Waals surface area (Å²) >= 11 is 0. The summed E-state index contributed by atoms with van der Waals surface area (Å²) < 4.78 is 15.0. The van der Waals surface area contributed by atoms with Crippen LogP contribution in [-0.4, -0.2) is 20.7 Å².